The van der Waals surface area contributed by atoms with Gasteiger partial charge < -0.3 is 15.4 Å². The van der Waals surface area contributed by atoms with Crippen molar-refractivity contribution in [3.63, 3.8) is 0 Å². The van der Waals surface area contributed by atoms with Crippen LogP contribution in [0.4, 0.5) is 5.69 Å². The van der Waals surface area contributed by atoms with Crippen LogP contribution in [0.1, 0.15) is 27.8 Å². The van der Waals surface area contributed by atoms with Crippen LogP contribution in [-0.2, 0) is 0 Å². The van der Waals surface area contributed by atoms with E-state index in [-0.39, 0.29) is 17.4 Å². The maximum absolute atomic E-state index is 12.1. The molecular weight excluding hydrogens is 304 g/mol. The van der Waals surface area contributed by atoms with Crippen molar-refractivity contribution in [2.24, 2.45) is 0 Å². The minimum absolute atomic E-state index is 0.0148. The molecule has 3 N–H and O–H groups in total. The summed E-state index contributed by atoms with van der Waals surface area (Å²) in [5, 5.41) is 12.0. The van der Waals surface area contributed by atoms with E-state index < -0.39 is 0 Å². The number of aromatic amines is 1. The number of benzene rings is 2. The molecule has 1 heterocycles. The molecule has 120 valence electrons. The minimum Gasteiger partial charge on any atom is -0.508 e. The summed E-state index contributed by atoms with van der Waals surface area (Å²) in [5.74, 6) is -0.144. The summed E-state index contributed by atoms with van der Waals surface area (Å²) in [4.78, 5) is 26.4. The van der Waals surface area contributed by atoms with E-state index in [9.17, 15) is 14.7 Å². The molecule has 0 bridgehead atoms. The zero-order valence-corrected chi connectivity index (χ0v) is 13.0. The lowest BCUT2D eigenvalue weighted by molar-refractivity contribution is 0.100. The smallest absolute Gasteiger partial charge is 0.255 e. The lowest BCUT2D eigenvalue weighted by atomic mass is 10.1. The lowest BCUT2D eigenvalue weighted by Crippen LogP contribution is -2.11. The van der Waals surface area contributed by atoms with Gasteiger partial charge in [0, 0.05) is 24.4 Å². The zero-order valence-electron chi connectivity index (χ0n) is 13.0. The van der Waals surface area contributed by atoms with Crippen molar-refractivity contribution < 1.29 is 14.7 Å². The summed E-state index contributed by atoms with van der Waals surface area (Å²) in [6, 6.07) is 15.2. The first-order valence-electron chi connectivity index (χ1n) is 7.43. The number of nitrogens with one attached hydrogen (secondary N) is 2. The van der Waals surface area contributed by atoms with Gasteiger partial charge in [-0.15, -0.1) is 0 Å². The van der Waals surface area contributed by atoms with Crippen LogP contribution < -0.4 is 5.32 Å². The molecule has 0 aliphatic rings. The SMILES string of the molecule is CC(=O)c1cc(-c2ccc(NC(=O)c3ccc(O)cc3)cc2)c[nH]1. The highest BCUT2D eigenvalue weighted by atomic mass is 16.3. The monoisotopic (exact) mass is 320 g/mol. The van der Waals surface area contributed by atoms with E-state index in [2.05, 4.69) is 10.3 Å². The van der Waals surface area contributed by atoms with Crippen LogP contribution in [0.2, 0.25) is 0 Å². The number of rotatable bonds is 4. The van der Waals surface area contributed by atoms with E-state index in [1.54, 1.807) is 36.5 Å². The highest BCUT2D eigenvalue weighted by molar-refractivity contribution is 6.04. The Bertz CT molecular complexity index is 878. The summed E-state index contributed by atoms with van der Waals surface area (Å²) in [6.07, 6.45) is 1.78. The van der Waals surface area contributed by atoms with Crippen LogP contribution in [-0.4, -0.2) is 21.8 Å². The van der Waals surface area contributed by atoms with Crippen molar-refractivity contribution in [1.82, 2.24) is 4.98 Å². The Morgan fingerprint density at radius 3 is 2.21 bits per heavy atom. The van der Waals surface area contributed by atoms with Crippen LogP contribution in [0, 0.1) is 0 Å². The Labute approximate surface area is 139 Å². The van der Waals surface area contributed by atoms with E-state index in [0.717, 1.165) is 11.1 Å². The number of aromatic nitrogens is 1. The van der Waals surface area contributed by atoms with E-state index in [1.807, 2.05) is 12.1 Å². The molecule has 5 nitrogen and oxygen atoms in total. The van der Waals surface area contributed by atoms with E-state index >= 15 is 0 Å². The largest absolute Gasteiger partial charge is 0.508 e. The van der Waals surface area contributed by atoms with Gasteiger partial charge in [-0.05, 0) is 53.6 Å². The van der Waals surface area contributed by atoms with Gasteiger partial charge in [-0.1, -0.05) is 12.1 Å². The first kappa shape index (κ1) is 15.6. The molecular formula is C19H16N2O3. The summed E-state index contributed by atoms with van der Waals surface area (Å²) in [5.41, 5.74) is 3.56. The van der Waals surface area contributed by atoms with E-state index in [1.165, 1.54) is 19.1 Å². The Morgan fingerprint density at radius 2 is 1.62 bits per heavy atom. The van der Waals surface area contributed by atoms with Crippen molar-refractivity contribution in [2.75, 3.05) is 5.32 Å². The minimum atomic E-state index is -0.247. The number of carbonyl (C=O) groups excluding carboxylic acids is 2. The van der Waals surface area contributed by atoms with Gasteiger partial charge in [0.1, 0.15) is 5.75 Å². The molecule has 0 unspecified atom stereocenters. The van der Waals surface area contributed by atoms with Gasteiger partial charge in [-0.2, -0.15) is 0 Å². The molecule has 3 rings (SSSR count). The normalized spacial score (nSPS) is 10.4. The Morgan fingerprint density at radius 1 is 0.958 bits per heavy atom. The quantitative estimate of drug-likeness (QED) is 0.639. The molecule has 3 aromatic rings. The van der Waals surface area contributed by atoms with Crippen LogP contribution in [0.5, 0.6) is 5.75 Å². The van der Waals surface area contributed by atoms with Crippen LogP contribution in [0.15, 0.2) is 60.8 Å². The number of carbonyl (C=O) groups is 2. The molecule has 5 heteroatoms. The highest BCUT2D eigenvalue weighted by Crippen LogP contribution is 2.23. The fourth-order valence-electron chi connectivity index (χ4n) is 2.33. The molecule has 24 heavy (non-hydrogen) atoms. The van der Waals surface area contributed by atoms with Gasteiger partial charge in [0.2, 0.25) is 0 Å². The number of ketones is 1. The molecule has 0 atom stereocenters. The number of hydrogen-bond donors (Lipinski definition) is 3. The molecule has 2 aromatic carbocycles. The molecule has 0 aliphatic carbocycles. The van der Waals surface area contributed by atoms with Crippen molar-refractivity contribution in [1.29, 1.82) is 0 Å². The number of H-pyrrole nitrogens is 1. The number of phenols is 1. The number of hydrogen-bond acceptors (Lipinski definition) is 3. The fourth-order valence-corrected chi connectivity index (χ4v) is 2.33. The number of amides is 1. The number of phenolic OH excluding ortho intramolecular Hbond substituents is 1. The maximum Gasteiger partial charge on any atom is 0.255 e. The van der Waals surface area contributed by atoms with E-state index in [0.29, 0.717) is 16.9 Å². The number of Topliss-reactive ketones (excluding diaryl/α,β-unsaturated/α-hetero) is 1. The molecule has 0 saturated carbocycles. The molecule has 0 spiro atoms. The Balaban J connectivity index is 1.73. The van der Waals surface area contributed by atoms with E-state index in [4.69, 9.17) is 0 Å². The Kier molecular flexibility index (Phi) is 4.16. The van der Waals surface area contributed by atoms with Gasteiger partial charge in [-0.25, -0.2) is 0 Å². The van der Waals surface area contributed by atoms with Crippen molar-refractivity contribution in [3.05, 3.63) is 72.1 Å². The van der Waals surface area contributed by atoms with Gasteiger partial charge >= 0.3 is 0 Å². The van der Waals surface area contributed by atoms with Gasteiger partial charge in [-0.3, -0.25) is 9.59 Å². The first-order valence-corrected chi connectivity index (χ1v) is 7.43. The van der Waals surface area contributed by atoms with Crippen LogP contribution in [0.25, 0.3) is 11.1 Å². The second-order valence-electron chi connectivity index (χ2n) is 5.44. The van der Waals surface area contributed by atoms with Gasteiger partial charge in [0.05, 0.1) is 5.69 Å². The van der Waals surface area contributed by atoms with Crippen molar-refractivity contribution >= 4 is 17.4 Å². The molecule has 0 fully saturated rings. The number of aromatic hydroxyl groups is 1. The van der Waals surface area contributed by atoms with Crippen molar-refractivity contribution in [2.45, 2.75) is 6.92 Å². The first-order chi connectivity index (χ1) is 11.5. The maximum atomic E-state index is 12.1. The van der Waals surface area contributed by atoms with Gasteiger partial charge in [0.25, 0.3) is 5.91 Å². The predicted molar refractivity (Wildman–Crippen MR) is 92.3 cm³/mol. The predicted octanol–water partition coefficient (Wildman–Crippen LogP) is 3.84. The number of anilines is 1. The molecule has 1 amide bonds. The second-order valence-corrected chi connectivity index (χ2v) is 5.44. The van der Waals surface area contributed by atoms with Crippen LogP contribution >= 0.6 is 0 Å². The molecule has 0 saturated heterocycles. The van der Waals surface area contributed by atoms with Crippen LogP contribution in [0.3, 0.4) is 0 Å². The third-order valence-electron chi connectivity index (χ3n) is 3.67. The molecule has 0 radical (unpaired) electrons. The lowest BCUT2D eigenvalue weighted by Gasteiger charge is -2.06. The average Bonchev–Trinajstić information content (AvgIpc) is 3.06. The molecule has 0 aliphatic heterocycles. The topological polar surface area (TPSA) is 82.2 Å². The van der Waals surface area contributed by atoms with Crippen molar-refractivity contribution in [3.8, 4) is 16.9 Å². The third-order valence-corrected chi connectivity index (χ3v) is 3.67. The highest BCUT2D eigenvalue weighted by Gasteiger charge is 2.08. The summed E-state index contributed by atoms with van der Waals surface area (Å²) < 4.78 is 0. The summed E-state index contributed by atoms with van der Waals surface area (Å²) >= 11 is 0. The zero-order chi connectivity index (χ0) is 17.1. The average molecular weight is 320 g/mol. The summed E-state index contributed by atoms with van der Waals surface area (Å²) in [6.45, 7) is 1.51. The fraction of sp³-hybridized carbons (Fsp3) is 0.0526. The second kappa shape index (κ2) is 6.42. The third kappa shape index (κ3) is 3.35. The standard InChI is InChI=1S/C19H16N2O3/c1-12(22)18-10-15(11-20-18)13-2-6-16(7-3-13)21-19(24)14-4-8-17(23)9-5-14/h2-11,20,23H,1H3,(H,21,24). The summed E-state index contributed by atoms with van der Waals surface area (Å²) in [7, 11) is 0. The Hall–Kier alpha value is -3.34. The van der Waals surface area contributed by atoms with Gasteiger partial charge in [0.15, 0.2) is 5.78 Å². The molecule has 1 aromatic heterocycles.